The van der Waals surface area contributed by atoms with E-state index in [-0.39, 0.29) is 56.9 Å². The summed E-state index contributed by atoms with van der Waals surface area (Å²) in [5, 5.41) is 18.4. The zero-order valence-corrected chi connectivity index (χ0v) is 14.2. The monoisotopic (exact) mass is 318 g/mol. The maximum absolute atomic E-state index is 12.5. The number of aromatic carboxylic acids is 2. The van der Waals surface area contributed by atoms with Gasteiger partial charge in [0.1, 0.15) is 11.6 Å². The van der Waals surface area contributed by atoms with Crippen molar-refractivity contribution in [1.29, 1.82) is 0 Å². The Labute approximate surface area is 161 Å². The topological polar surface area (TPSA) is 77.4 Å². The van der Waals surface area contributed by atoms with Gasteiger partial charge in [0.05, 0.1) is 11.5 Å². The van der Waals surface area contributed by atoms with Gasteiger partial charge >= 0.3 is 57.4 Å². The maximum Gasteiger partial charge on any atom is 1.00 e. The molecule has 0 spiro atoms. The van der Waals surface area contributed by atoms with Crippen molar-refractivity contribution in [3.63, 3.8) is 0 Å². The molecule has 104 valence electrons. The Morgan fingerprint density at radius 1 is 0.857 bits per heavy atom. The molecule has 0 bridgehead atoms. The van der Waals surface area contributed by atoms with Crippen molar-refractivity contribution in [2.75, 3.05) is 0 Å². The van der Waals surface area contributed by atoms with Crippen molar-refractivity contribution in [2.45, 2.75) is 0 Å². The van der Waals surface area contributed by atoms with Gasteiger partial charge in [0, 0.05) is 5.56 Å². The Bertz CT molecular complexity index is 576. The van der Waals surface area contributed by atoms with Gasteiger partial charge in [-0.3, -0.25) is 0 Å². The van der Waals surface area contributed by atoms with Crippen LogP contribution >= 0.6 is 0 Å². The molecule has 0 atom stereocenters. The number of carboxylic acids is 2. The fourth-order valence-corrected chi connectivity index (χ4v) is 1.26. The van der Waals surface area contributed by atoms with Crippen LogP contribution in [0.3, 0.4) is 0 Å². The molecule has 0 aliphatic carbocycles. The van der Waals surface area contributed by atoms with Crippen LogP contribution < -0.4 is 56.5 Å². The van der Waals surface area contributed by atoms with Crippen molar-refractivity contribution < 1.29 is 80.0 Å². The SMILES string of the molecule is O=C(O)c1ccccc1F.O=C([O-])c1ccccc1F.[K+]. The zero-order chi connectivity index (χ0) is 15.1. The number of rotatable bonds is 2. The number of hydrogen-bond acceptors (Lipinski definition) is 3. The first-order valence-corrected chi connectivity index (χ1v) is 5.37. The normalized spacial score (nSPS) is 8.86. The van der Waals surface area contributed by atoms with E-state index in [4.69, 9.17) is 5.11 Å². The van der Waals surface area contributed by atoms with Crippen LogP contribution in [0.2, 0.25) is 0 Å². The Kier molecular flexibility index (Phi) is 9.23. The van der Waals surface area contributed by atoms with Crippen LogP contribution in [0.4, 0.5) is 8.78 Å². The number of halogens is 2. The summed E-state index contributed by atoms with van der Waals surface area (Å²) in [5.74, 6) is -4.19. The standard InChI is InChI=1S/2C7H5FO2.K/c2*8-6-4-2-1-3-5(6)7(9)10;/h2*1-4H,(H,9,10);/q;;+1/p-1. The molecule has 7 heteroatoms. The van der Waals surface area contributed by atoms with Crippen molar-refractivity contribution in [3.8, 4) is 0 Å². The molecule has 2 aromatic carbocycles. The Balaban J connectivity index is 0.000000364. The Morgan fingerprint density at radius 2 is 1.24 bits per heavy atom. The molecule has 0 saturated carbocycles. The zero-order valence-electron chi connectivity index (χ0n) is 11.0. The Morgan fingerprint density at radius 3 is 1.48 bits per heavy atom. The van der Waals surface area contributed by atoms with Gasteiger partial charge in [-0.05, 0) is 18.2 Å². The second-order valence-electron chi connectivity index (χ2n) is 3.55. The Hall–Kier alpha value is -1.12. The minimum Gasteiger partial charge on any atom is -0.545 e. The molecule has 0 heterocycles. The van der Waals surface area contributed by atoms with Crippen molar-refractivity contribution in [2.24, 2.45) is 0 Å². The minimum atomic E-state index is -1.49. The molecule has 4 nitrogen and oxygen atoms in total. The average molecular weight is 318 g/mol. The first-order chi connectivity index (χ1) is 9.43. The van der Waals surface area contributed by atoms with Crippen LogP contribution in [0.25, 0.3) is 0 Å². The summed E-state index contributed by atoms with van der Waals surface area (Å²) < 4.78 is 24.9. The molecular formula is C14H9F2KO4. The van der Waals surface area contributed by atoms with Gasteiger partial charge in [-0.1, -0.05) is 30.3 Å². The number of hydrogen-bond donors (Lipinski definition) is 1. The fourth-order valence-electron chi connectivity index (χ4n) is 1.26. The van der Waals surface area contributed by atoms with Crippen LogP contribution in [-0.2, 0) is 0 Å². The third-order valence-corrected chi connectivity index (χ3v) is 2.20. The van der Waals surface area contributed by atoms with E-state index in [0.29, 0.717) is 0 Å². The smallest absolute Gasteiger partial charge is 0.545 e. The molecule has 21 heavy (non-hydrogen) atoms. The van der Waals surface area contributed by atoms with Gasteiger partial charge in [0.25, 0.3) is 0 Å². The van der Waals surface area contributed by atoms with Crippen LogP contribution in [0.15, 0.2) is 48.5 Å². The van der Waals surface area contributed by atoms with Crippen molar-refractivity contribution in [1.82, 2.24) is 0 Å². The molecule has 0 fully saturated rings. The summed E-state index contributed by atoms with van der Waals surface area (Å²) in [5.41, 5.74) is -0.690. The van der Waals surface area contributed by atoms with E-state index in [0.717, 1.165) is 18.2 Å². The molecule has 0 amide bonds. The van der Waals surface area contributed by atoms with E-state index >= 15 is 0 Å². The summed E-state index contributed by atoms with van der Waals surface area (Å²) in [4.78, 5) is 20.3. The van der Waals surface area contributed by atoms with Crippen LogP contribution in [0.5, 0.6) is 0 Å². The van der Waals surface area contributed by atoms with E-state index in [1.54, 1.807) is 0 Å². The van der Waals surface area contributed by atoms with Gasteiger partial charge in [0.2, 0.25) is 0 Å². The van der Waals surface area contributed by atoms with Crippen molar-refractivity contribution in [3.05, 3.63) is 71.3 Å². The second kappa shape index (κ2) is 9.75. The minimum absolute atomic E-state index is 0. The van der Waals surface area contributed by atoms with Crippen LogP contribution in [0, 0.1) is 11.6 Å². The van der Waals surface area contributed by atoms with Gasteiger partial charge in [-0.15, -0.1) is 0 Å². The largest absolute Gasteiger partial charge is 1.00 e. The maximum atomic E-state index is 12.5. The second-order valence-corrected chi connectivity index (χ2v) is 3.55. The van der Waals surface area contributed by atoms with E-state index < -0.39 is 29.1 Å². The molecular weight excluding hydrogens is 309 g/mol. The summed E-state index contributed by atoms with van der Waals surface area (Å²) in [6, 6.07) is 10.3. The molecule has 0 radical (unpaired) electrons. The first-order valence-electron chi connectivity index (χ1n) is 5.37. The summed E-state index contributed by atoms with van der Waals surface area (Å²) in [6.07, 6.45) is 0. The number of carboxylic acid groups (broad SMARTS) is 2. The number of carbonyl (C=O) groups excluding carboxylic acids is 1. The summed E-state index contributed by atoms with van der Waals surface area (Å²) in [6.45, 7) is 0. The molecule has 0 saturated heterocycles. The number of benzene rings is 2. The van der Waals surface area contributed by atoms with Gasteiger partial charge in [-0.2, -0.15) is 0 Å². The fraction of sp³-hybridized carbons (Fsp3) is 0. The molecule has 0 aliphatic rings. The van der Waals surface area contributed by atoms with E-state index in [2.05, 4.69) is 0 Å². The number of carbonyl (C=O) groups is 2. The molecule has 2 aromatic rings. The van der Waals surface area contributed by atoms with Gasteiger partial charge < -0.3 is 15.0 Å². The van der Waals surface area contributed by atoms with E-state index in [9.17, 15) is 23.5 Å². The van der Waals surface area contributed by atoms with E-state index in [1.165, 1.54) is 30.3 Å². The van der Waals surface area contributed by atoms with E-state index in [1.807, 2.05) is 0 Å². The summed E-state index contributed by atoms with van der Waals surface area (Å²) in [7, 11) is 0. The van der Waals surface area contributed by atoms with Gasteiger partial charge in [-0.25, -0.2) is 13.6 Å². The van der Waals surface area contributed by atoms with Gasteiger partial charge in [0.15, 0.2) is 0 Å². The molecule has 0 unspecified atom stereocenters. The molecule has 0 aromatic heterocycles. The van der Waals surface area contributed by atoms with Crippen LogP contribution in [-0.4, -0.2) is 17.0 Å². The molecule has 1 N–H and O–H groups in total. The molecule has 2 rings (SSSR count). The average Bonchev–Trinajstić information content (AvgIpc) is 2.40. The quantitative estimate of drug-likeness (QED) is 0.700. The first kappa shape index (κ1) is 19.9. The van der Waals surface area contributed by atoms with Crippen molar-refractivity contribution >= 4 is 11.9 Å². The van der Waals surface area contributed by atoms with Crippen LogP contribution in [0.1, 0.15) is 20.7 Å². The third-order valence-electron chi connectivity index (χ3n) is 2.20. The third kappa shape index (κ3) is 6.45. The predicted molar refractivity (Wildman–Crippen MR) is 64.1 cm³/mol. The molecule has 0 aliphatic heterocycles. The summed E-state index contributed by atoms with van der Waals surface area (Å²) >= 11 is 0. The predicted octanol–water partition coefficient (Wildman–Crippen LogP) is -1.28.